The number of nitrogens with zero attached hydrogens (tertiary/aromatic N) is 3. The summed E-state index contributed by atoms with van der Waals surface area (Å²) in [4.78, 5) is 12.2. The van der Waals surface area contributed by atoms with Crippen molar-refractivity contribution >= 4 is 17.5 Å². The molecule has 7 heteroatoms. The number of benzene rings is 1. The van der Waals surface area contributed by atoms with Gasteiger partial charge in [-0.15, -0.1) is 5.10 Å². The maximum Gasteiger partial charge on any atom is 0.273 e. The second kappa shape index (κ2) is 5.94. The van der Waals surface area contributed by atoms with Gasteiger partial charge in [-0.25, -0.2) is 4.68 Å². The number of carbonyl (C=O) groups excluding carboxylic acids is 1. The zero-order chi connectivity index (χ0) is 15.8. The first kappa shape index (κ1) is 14.7. The largest absolute Gasteiger partial charge is 0.365 e. The molecule has 6 nitrogen and oxygen atoms in total. The van der Waals surface area contributed by atoms with Gasteiger partial charge in [0.2, 0.25) is 0 Å². The number of ether oxygens (including phenoxy) is 1. The van der Waals surface area contributed by atoms with E-state index >= 15 is 0 Å². The molecule has 2 heterocycles. The monoisotopic (exact) mass is 332 g/mol. The zero-order valence-electron chi connectivity index (χ0n) is 12.5. The molecule has 1 aliphatic carbocycles. The predicted molar refractivity (Wildman–Crippen MR) is 84.1 cm³/mol. The minimum atomic E-state index is -0.160. The molecule has 23 heavy (non-hydrogen) atoms. The third kappa shape index (κ3) is 3.09. The number of rotatable bonds is 4. The standard InChI is InChI=1S/C16H17ClN4O2/c17-12-5-3-11(4-6-12)14-8-21-13(9-23-14)15(19-20-21)16(22)18-7-10-1-2-10/h3-6,10,14H,1-2,7-9H2,(H,18,22)/t14-/m1/s1. The van der Waals surface area contributed by atoms with Crippen LogP contribution < -0.4 is 5.32 Å². The molecular formula is C16H17ClN4O2. The summed E-state index contributed by atoms with van der Waals surface area (Å²) in [5.41, 5.74) is 2.15. The lowest BCUT2D eigenvalue weighted by Gasteiger charge is -2.24. The minimum absolute atomic E-state index is 0.108. The lowest BCUT2D eigenvalue weighted by Crippen LogP contribution is -2.28. The summed E-state index contributed by atoms with van der Waals surface area (Å²) in [7, 11) is 0. The number of nitrogens with one attached hydrogen (secondary N) is 1. The molecule has 1 amide bonds. The molecule has 2 aliphatic rings. The van der Waals surface area contributed by atoms with E-state index in [9.17, 15) is 4.79 Å². The van der Waals surface area contributed by atoms with Crippen LogP contribution in [-0.4, -0.2) is 27.4 Å². The second-order valence-corrected chi connectivity index (χ2v) is 6.51. The molecule has 1 aliphatic heterocycles. The Hall–Kier alpha value is -1.92. The van der Waals surface area contributed by atoms with E-state index in [4.69, 9.17) is 16.3 Å². The first-order chi connectivity index (χ1) is 11.2. The van der Waals surface area contributed by atoms with Crippen LogP contribution in [0.3, 0.4) is 0 Å². The predicted octanol–water partition coefficient (Wildman–Crippen LogP) is 2.34. The number of halogens is 1. The zero-order valence-corrected chi connectivity index (χ0v) is 13.3. The van der Waals surface area contributed by atoms with Gasteiger partial charge in [-0.05, 0) is 36.5 Å². The second-order valence-electron chi connectivity index (χ2n) is 6.07. The normalized spacial score (nSPS) is 20.1. The van der Waals surface area contributed by atoms with Crippen molar-refractivity contribution in [2.75, 3.05) is 6.54 Å². The van der Waals surface area contributed by atoms with Crippen molar-refractivity contribution in [3.8, 4) is 0 Å². The van der Waals surface area contributed by atoms with E-state index in [1.165, 1.54) is 12.8 Å². The third-order valence-corrected chi connectivity index (χ3v) is 4.55. The summed E-state index contributed by atoms with van der Waals surface area (Å²) in [6, 6.07) is 7.57. The molecule has 0 spiro atoms. The van der Waals surface area contributed by atoms with Gasteiger partial charge in [-0.1, -0.05) is 28.9 Å². The van der Waals surface area contributed by atoms with Crippen LogP contribution in [-0.2, 0) is 17.9 Å². The number of fused-ring (bicyclic) bond motifs is 1. The van der Waals surface area contributed by atoms with E-state index < -0.39 is 0 Å². The quantitative estimate of drug-likeness (QED) is 0.933. The molecule has 1 saturated carbocycles. The highest BCUT2D eigenvalue weighted by Crippen LogP contribution is 2.29. The number of hydrogen-bond acceptors (Lipinski definition) is 4. The molecule has 0 radical (unpaired) electrons. The van der Waals surface area contributed by atoms with E-state index in [1.54, 1.807) is 4.68 Å². The van der Waals surface area contributed by atoms with Crippen molar-refractivity contribution in [1.29, 1.82) is 0 Å². The van der Waals surface area contributed by atoms with Gasteiger partial charge < -0.3 is 10.1 Å². The van der Waals surface area contributed by atoms with Crippen LogP contribution in [0.2, 0.25) is 5.02 Å². The Morgan fingerprint density at radius 1 is 1.35 bits per heavy atom. The fraction of sp³-hybridized carbons (Fsp3) is 0.438. The minimum Gasteiger partial charge on any atom is -0.365 e. The molecule has 4 rings (SSSR count). The van der Waals surface area contributed by atoms with Crippen molar-refractivity contribution < 1.29 is 9.53 Å². The first-order valence-corrected chi connectivity index (χ1v) is 8.16. The fourth-order valence-electron chi connectivity index (χ4n) is 2.71. The molecular weight excluding hydrogens is 316 g/mol. The maximum absolute atomic E-state index is 12.2. The smallest absolute Gasteiger partial charge is 0.273 e. The molecule has 0 saturated heterocycles. The first-order valence-electron chi connectivity index (χ1n) is 7.78. The van der Waals surface area contributed by atoms with E-state index in [0.717, 1.165) is 17.8 Å². The van der Waals surface area contributed by atoms with Crippen LogP contribution in [0.5, 0.6) is 0 Å². The number of hydrogen-bond donors (Lipinski definition) is 1. The fourth-order valence-corrected chi connectivity index (χ4v) is 2.84. The van der Waals surface area contributed by atoms with Crippen LogP contribution in [0.4, 0.5) is 0 Å². The molecule has 2 aromatic rings. The van der Waals surface area contributed by atoms with Gasteiger partial charge in [0.1, 0.15) is 6.10 Å². The van der Waals surface area contributed by atoms with Crippen molar-refractivity contribution in [3.05, 3.63) is 46.2 Å². The SMILES string of the molecule is O=C(NCC1CC1)c1nnn2c1CO[C@@H](c1ccc(Cl)cc1)C2. The van der Waals surface area contributed by atoms with Crippen LogP contribution in [0, 0.1) is 5.92 Å². The van der Waals surface area contributed by atoms with Crippen LogP contribution in [0.15, 0.2) is 24.3 Å². The Labute approximate surface area is 138 Å². The molecule has 1 aromatic heterocycles. The highest BCUT2D eigenvalue weighted by Gasteiger charge is 2.28. The van der Waals surface area contributed by atoms with Crippen LogP contribution in [0.1, 0.15) is 40.7 Å². The van der Waals surface area contributed by atoms with Crippen molar-refractivity contribution in [2.45, 2.75) is 32.1 Å². The van der Waals surface area contributed by atoms with E-state index in [2.05, 4.69) is 15.6 Å². The number of carbonyl (C=O) groups is 1. The van der Waals surface area contributed by atoms with Crippen LogP contribution >= 0.6 is 11.6 Å². The summed E-state index contributed by atoms with van der Waals surface area (Å²) in [6.45, 7) is 1.59. The number of amides is 1. The summed E-state index contributed by atoms with van der Waals surface area (Å²) in [6.07, 6.45) is 2.29. The van der Waals surface area contributed by atoms with Gasteiger partial charge in [0.05, 0.1) is 18.8 Å². The van der Waals surface area contributed by atoms with Crippen molar-refractivity contribution in [1.82, 2.24) is 20.3 Å². The lowest BCUT2D eigenvalue weighted by atomic mass is 10.1. The molecule has 1 N–H and O–H groups in total. The van der Waals surface area contributed by atoms with Crippen LogP contribution in [0.25, 0.3) is 0 Å². The average molecular weight is 333 g/mol. The van der Waals surface area contributed by atoms with E-state index in [-0.39, 0.29) is 12.0 Å². The van der Waals surface area contributed by atoms with Gasteiger partial charge in [-0.2, -0.15) is 0 Å². The Morgan fingerprint density at radius 3 is 2.87 bits per heavy atom. The van der Waals surface area contributed by atoms with Gasteiger partial charge >= 0.3 is 0 Å². The topological polar surface area (TPSA) is 69.0 Å². The molecule has 0 unspecified atom stereocenters. The van der Waals surface area contributed by atoms with E-state index in [1.807, 2.05) is 24.3 Å². The third-order valence-electron chi connectivity index (χ3n) is 4.30. The molecule has 1 atom stereocenters. The molecule has 0 bridgehead atoms. The molecule has 1 fully saturated rings. The molecule has 1 aromatic carbocycles. The Balaban J connectivity index is 1.47. The number of aromatic nitrogens is 3. The summed E-state index contributed by atoms with van der Waals surface area (Å²) in [5.74, 6) is 0.475. The van der Waals surface area contributed by atoms with Gasteiger partial charge in [0.15, 0.2) is 5.69 Å². The average Bonchev–Trinajstić information content (AvgIpc) is 3.30. The van der Waals surface area contributed by atoms with Gasteiger partial charge in [0, 0.05) is 11.6 Å². The van der Waals surface area contributed by atoms with E-state index in [0.29, 0.717) is 29.8 Å². The van der Waals surface area contributed by atoms with Gasteiger partial charge in [-0.3, -0.25) is 4.79 Å². The van der Waals surface area contributed by atoms with Gasteiger partial charge in [0.25, 0.3) is 5.91 Å². The summed E-state index contributed by atoms with van der Waals surface area (Å²) >= 11 is 5.91. The van der Waals surface area contributed by atoms with Crippen molar-refractivity contribution in [2.24, 2.45) is 5.92 Å². The maximum atomic E-state index is 12.2. The van der Waals surface area contributed by atoms with Crippen molar-refractivity contribution in [3.63, 3.8) is 0 Å². The summed E-state index contributed by atoms with van der Waals surface area (Å²) < 4.78 is 7.65. The Bertz CT molecular complexity index is 724. The highest BCUT2D eigenvalue weighted by atomic mass is 35.5. The summed E-state index contributed by atoms with van der Waals surface area (Å²) in [5, 5.41) is 11.8. The lowest BCUT2D eigenvalue weighted by molar-refractivity contribution is -0.00176. The molecule has 120 valence electrons. The Morgan fingerprint density at radius 2 is 2.13 bits per heavy atom. The highest BCUT2D eigenvalue weighted by molar-refractivity contribution is 6.30. The Kier molecular flexibility index (Phi) is 3.79.